The number of hydrogen-bond acceptors (Lipinski definition) is 2. The average Bonchev–Trinajstić information content (AvgIpc) is 2.99. The van der Waals surface area contributed by atoms with Crippen LogP contribution in [0.1, 0.15) is 31.4 Å². The van der Waals surface area contributed by atoms with Crippen LogP contribution in [0.4, 0.5) is 0 Å². The lowest BCUT2D eigenvalue weighted by atomic mass is 10.1. The van der Waals surface area contributed by atoms with Gasteiger partial charge in [0.05, 0.1) is 6.61 Å². The lowest BCUT2D eigenvalue weighted by molar-refractivity contribution is 0.299. The van der Waals surface area contributed by atoms with Crippen molar-refractivity contribution in [2.24, 2.45) is 11.7 Å². The third-order valence-electron chi connectivity index (χ3n) is 2.59. The topological polar surface area (TPSA) is 35.2 Å². The first kappa shape index (κ1) is 9.53. The zero-order chi connectivity index (χ0) is 9.97. The summed E-state index contributed by atoms with van der Waals surface area (Å²) < 4.78 is 5.62. The van der Waals surface area contributed by atoms with Crippen LogP contribution in [0.3, 0.4) is 0 Å². The maximum absolute atomic E-state index is 5.76. The predicted molar refractivity (Wildman–Crippen MR) is 57.3 cm³/mol. The normalized spacial score (nSPS) is 17.9. The Labute approximate surface area is 85.1 Å². The van der Waals surface area contributed by atoms with Gasteiger partial charge in [-0.3, -0.25) is 0 Å². The molecule has 2 heteroatoms. The van der Waals surface area contributed by atoms with Gasteiger partial charge in [0.1, 0.15) is 5.75 Å². The predicted octanol–water partition coefficient (Wildman–Crippen LogP) is 2.50. The molecule has 1 aromatic rings. The van der Waals surface area contributed by atoms with Crippen LogP contribution in [0, 0.1) is 5.92 Å². The molecule has 2 N–H and O–H groups in total. The zero-order valence-corrected chi connectivity index (χ0v) is 8.57. The first-order valence-electron chi connectivity index (χ1n) is 5.24. The molecule has 0 aromatic heterocycles. The smallest absolute Gasteiger partial charge is 0.119 e. The molecule has 0 radical (unpaired) electrons. The molecule has 0 spiro atoms. The summed E-state index contributed by atoms with van der Waals surface area (Å²) in [4.78, 5) is 0. The van der Waals surface area contributed by atoms with Gasteiger partial charge in [-0.15, -0.1) is 0 Å². The molecule has 1 aliphatic carbocycles. The molecular formula is C12H17NO. The molecule has 14 heavy (non-hydrogen) atoms. The Morgan fingerprint density at radius 2 is 2.00 bits per heavy atom. The molecule has 2 nitrogen and oxygen atoms in total. The summed E-state index contributed by atoms with van der Waals surface area (Å²) in [7, 11) is 0. The third-order valence-corrected chi connectivity index (χ3v) is 2.59. The SMILES string of the molecule is CC(N)c1ccc(OCC2CC2)cc1. The van der Waals surface area contributed by atoms with Gasteiger partial charge in [-0.2, -0.15) is 0 Å². The van der Waals surface area contributed by atoms with Gasteiger partial charge in [-0.1, -0.05) is 12.1 Å². The van der Waals surface area contributed by atoms with E-state index in [1.807, 2.05) is 31.2 Å². The number of benzene rings is 1. The summed E-state index contributed by atoms with van der Waals surface area (Å²) in [6.07, 6.45) is 2.66. The van der Waals surface area contributed by atoms with E-state index < -0.39 is 0 Å². The van der Waals surface area contributed by atoms with Crippen LogP contribution in [-0.2, 0) is 0 Å². The molecule has 1 saturated carbocycles. The van der Waals surface area contributed by atoms with Crippen LogP contribution >= 0.6 is 0 Å². The molecule has 1 atom stereocenters. The summed E-state index contributed by atoms with van der Waals surface area (Å²) in [6.45, 7) is 2.86. The Bertz CT molecular complexity index is 288. The van der Waals surface area contributed by atoms with Gasteiger partial charge < -0.3 is 10.5 Å². The molecular weight excluding hydrogens is 174 g/mol. The Morgan fingerprint density at radius 3 is 2.50 bits per heavy atom. The summed E-state index contributed by atoms with van der Waals surface area (Å²) in [5, 5.41) is 0. The van der Waals surface area contributed by atoms with Gasteiger partial charge in [-0.05, 0) is 43.4 Å². The largest absolute Gasteiger partial charge is 0.493 e. The van der Waals surface area contributed by atoms with E-state index in [1.54, 1.807) is 0 Å². The quantitative estimate of drug-likeness (QED) is 0.793. The summed E-state index contributed by atoms with van der Waals surface area (Å²) in [5.41, 5.74) is 6.91. The first-order valence-corrected chi connectivity index (χ1v) is 5.24. The van der Waals surface area contributed by atoms with Crippen LogP contribution in [0.5, 0.6) is 5.75 Å². The fourth-order valence-corrected chi connectivity index (χ4v) is 1.37. The summed E-state index contributed by atoms with van der Waals surface area (Å²) in [6, 6.07) is 8.18. The molecule has 1 aromatic carbocycles. The highest BCUT2D eigenvalue weighted by Gasteiger charge is 2.21. The Kier molecular flexibility index (Phi) is 2.73. The fourth-order valence-electron chi connectivity index (χ4n) is 1.37. The third kappa shape index (κ3) is 2.48. The highest BCUT2D eigenvalue weighted by atomic mass is 16.5. The van der Waals surface area contributed by atoms with Gasteiger partial charge in [0.2, 0.25) is 0 Å². The Hall–Kier alpha value is -1.02. The van der Waals surface area contributed by atoms with Crippen molar-refractivity contribution in [3.63, 3.8) is 0 Å². The fraction of sp³-hybridized carbons (Fsp3) is 0.500. The number of nitrogens with two attached hydrogens (primary N) is 1. The van der Waals surface area contributed by atoms with Gasteiger partial charge in [-0.25, -0.2) is 0 Å². The van der Waals surface area contributed by atoms with Crippen LogP contribution in [0.15, 0.2) is 24.3 Å². The van der Waals surface area contributed by atoms with Crippen molar-refractivity contribution in [2.75, 3.05) is 6.61 Å². The molecule has 0 bridgehead atoms. The maximum atomic E-state index is 5.76. The average molecular weight is 191 g/mol. The number of rotatable bonds is 4. The number of ether oxygens (including phenoxy) is 1. The second kappa shape index (κ2) is 4.01. The van der Waals surface area contributed by atoms with Crippen molar-refractivity contribution in [1.82, 2.24) is 0 Å². The van der Waals surface area contributed by atoms with Gasteiger partial charge in [0, 0.05) is 6.04 Å². The highest BCUT2D eigenvalue weighted by molar-refractivity contribution is 5.28. The van der Waals surface area contributed by atoms with E-state index in [2.05, 4.69) is 0 Å². The van der Waals surface area contributed by atoms with E-state index in [0.29, 0.717) is 0 Å². The Morgan fingerprint density at radius 1 is 1.36 bits per heavy atom. The van der Waals surface area contributed by atoms with Gasteiger partial charge in [0.25, 0.3) is 0 Å². The second-order valence-electron chi connectivity index (χ2n) is 4.11. The van der Waals surface area contributed by atoms with E-state index in [1.165, 1.54) is 12.8 Å². The maximum Gasteiger partial charge on any atom is 0.119 e. The van der Waals surface area contributed by atoms with E-state index in [4.69, 9.17) is 10.5 Å². The minimum atomic E-state index is 0.104. The molecule has 1 unspecified atom stereocenters. The van der Waals surface area contributed by atoms with Crippen molar-refractivity contribution < 1.29 is 4.74 Å². The minimum absolute atomic E-state index is 0.104. The first-order chi connectivity index (χ1) is 6.75. The van der Waals surface area contributed by atoms with Crippen LogP contribution < -0.4 is 10.5 Å². The molecule has 1 fully saturated rings. The summed E-state index contributed by atoms with van der Waals surface area (Å²) in [5.74, 6) is 1.77. The van der Waals surface area contributed by atoms with E-state index >= 15 is 0 Å². The van der Waals surface area contributed by atoms with Crippen molar-refractivity contribution in [2.45, 2.75) is 25.8 Å². The van der Waals surface area contributed by atoms with Crippen LogP contribution in [0.25, 0.3) is 0 Å². The van der Waals surface area contributed by atoms with E-state index in [0.717, 1.165) is 23.8 Å². The zero-order valence-electron chi connectivity index (χ0n) is 8.57. The van der Waals surface area contributed by atoms with E-state index in [9.17, 15) is 0 Å². The van der Waals surface area contributed by atoms with Crippen LogP contribution in [0.2, 0.25) is 0 Å². The van der Waals surface area contributed by atoms with Crippen molar-refractivity contribution >= 4 is 0 Å². The standard InChI is InChI=1S/C12H17NO/c1-9(13)11-4-6-12(7-5-11)14-8-10-2-3-10/h4-7,9-10H,2-3,8,13H2,1H3. The Balaban J connectivity index is 1.91. The molecule has 0 saturated heterocycles. The lowest BCUT2D eigenvalue weighted by Gasteiger charge is -2.08. The monoisotopic (exact) mass is 191 g/mol. The van der Waals surface area contributed by atoms with Crippen molar-refractivity contribution in [3.8, 4) is 5.75 Å². The van der Waals surface area contributed by atoms with E-state index in [-0.39, 0.29) is 6.04 Å². The molecule has 2 rings (SSSR count). The molecule has 76 valence electrons. The van der Waals surface area contributed by atoms with Gasteiger partial charge >= 0.3 is 0 Å². The van der Waals surface area contributed by atoms with Crippen molar-refractivity contribution in [3.05, 3.63) is 29.8 Å². The van der Waals surface area contributed by atoms with Gasteiger partial charge in [0.15, 0.2) is 0 Å². The highest BCUT2D eigenvalue weighted by Crippen LogP contribution is 2.29. The molecule has 0 aliphatic heterocycles. The van der Waals surface area contributed by atoms with Crippen molar-refractivity contribution in [1.29, 1.82) is 0 Å². The molecule has 0 amide bonds. The van der Waals surface area contributed by atoms with Crippen LogP contribution in [-0.4, -0.2) is 6.61 Å². The second-order valence-corrected chi connectivity index (χ2v) is 4.11. The molecule has 0 heterocycles. The summed E-state index contributed by atoms with van der Waals surface area (Å²) >= 11 is 0. The lowest BCUT2D eigenvalue weighted by Crippen LogP contribution is -2.05. The minimum Gasteiger partial charge on any atom is -0.493 e. The number of hydrogen-bond donors (Lipinski definition) is 1. The molecule has 1 aliphatic rings.